The lowest BCUT2D eigenvalue weighted by Crippen LogP contribution is -2.48. The normalized spacial score (nSPS) is 24.9. The van der Waals surface area contributed by atoms with Gasteiger partial charge in [0.25, 0.3) is 0 Å². The molecule has 1 saturated heterocycles. The van der Waals surface area contributed by atoms with Crippen LogP contribution < -0.4 is 5.32 Å². The van der Waals surface area contributed by atoms with Gasteiger partial charge in [0.2, 0.25) is 0 Å². The standard InChI is InChI=1S/C11H21NO2S/c1-4-14-10(13)7-12-9-8-15-6-5-11(9,2)3/h9,12H,4-8H2,1-3H3. The molecule has 88 valence electrons. The SMILES string of the molecule is CCOC(=O)CNC1CSCCC1(C)C. The topological polar surface area (TPSA) is 38.3 Å². The summed E-state index contributed by atoms with van der Waals surface area (Å²) >= 11 is 1.96. The van der Waals surface area contributed by atoms with Gasteiger partial charge < -0.3 is 10.1 Å². The third-order valence-corrected chi connectivity index (χ3v) is 3.98. The maximum absolute atomic E-state index is 11.2. The molecule has 0 radical (unpaired) electrons. The molecule has 0 spiro atoms. The number of nitrogens with one attached hydrogen (secondary N) is 1. The third kappa shape index (κ3) is 4.03. The molecular weight excluding hydrogens is 210 g/mol. The Balaban J connectivity index is 2.33. The van der Waals surface area contributed by atoms with Crippen LogP contribution in [0.4, 0.5) is 0 Å². The number of esters is 1. The number of thioether (sulfide) groups is 1. The second-order valence-corrected chi connectivity index (χ2v) is 5.70. The van der Waals surface area contributed by atoms with Crippen molar-refractivity contribution < 1.29 is 9.53 Å². The smallest absolute Gasteiger partial charge is 0.319 e. The molecule has 0 aliphatic carbocycles. The highest BCUT2D eigenvalue weighted by Gasteiger charge is 2.32. The van der Waals surface area contributed by atoms with Crippen molar-refractivity contribution in [3.8, 4) is 0 Å². The van der Waals surface area contributed by atoms with Gasteiger partial charge in [-0.15, -0.1) is 0 Å². The lowest BCUT2D eigenvalue weighted by Gasteiger charge is -2.38. The van der Waals surface area contributed by atoms with Crippen LogP contribution in [-0.2, 0) is 9.53 Å². The number of ether oxygens (including phenoxy) is 1. The van der Waals surface area contributed by atoms with Gasteiger partial charge in [0.05, 0.1) is 13.2 Å². The van der Waals surface area contributed by atoms with Gasteiger partial charge in [0, 0.05) is 11.8 Å². The Labute approximate surface area is 96.3 Å². The fourth-order valence-electron chi connectivity index (χ4n) is 1.69. The summed E-state index contributed by atoms with van der Waals surface area (Å²) in [6.45, 7) is 7.15. The van der Waals surface area contributed by atoms with Gasteiger partial charge in [0.1, 0.15) is 0 Å². The summed E-state index contributed by atoms with van der Waals surface area (Å²) in [5, 5.41) is 3.30. The molecule has 15 heavy (non-hydrogen) atoms. The first-order chi connectivity index (χ1) is 7.06. The monoisotopic (exact) mass is 231 g/mol. The Kier molecular flexibility index (Phi) is 4.93. The molecule has 4 heteroatoms. The minimum Gasteiger partial charge on any atom is -0.465 e. The molecule has 1 aliphatic heterocycles. The second kappa shape index (κ2) is 5.75. The van der Waals surface area contributed by atoms with E-state index in [9.17, 15) is 4.79 Å². The van der Waals surface area contributed by atoms with E-state index in [1.165, 1.54) is 12.2 Å². The Morgan fingerprint density at radius 3 is 2.93 bits per heavy atom. The van der Waals surface area contributed by atoms with Crippen LogP contribution >= 0.6 is 11.8 Å². The first-order valence-electron chi connectivity index (χ1n) is 5.53. The molecule has 1 aliphatic rings. The van der Waals surface area contributed by atoms with Crippen LogP contribution in [0.2, 0.25) is 0 Å². The Bertz CT molecular complexity index is 219. The van der Waals surface area contributed by atoms with Crippen molar-refractivity contribution in [3.63, 3.8) is 0 Å². The van der Waals surface area contributed by atoms with Crippen LogP contribution in [0.1, 0.15) is 27.2 Å². The quantitative estimate of drug-likeness (QED) is 0.747. The molecule has 1 atom stereocenters. The summed E-state index contributed by atoms with van der Waals surface area (Å²) in [5.41, 5.74) is 0.289. The van der Waals surface area contributed by atoms with Gasteiger partial charge in [-0.25, -0.2) is 0 Å². The minimum atomic E-state index is -0.149. The Morgan fingerprint density at radius 1 is 1.60 bits per heavy atom. The van der Waals surface area contributed by atoms with Crippen molar-refractivity contribution in [3.05, 3.63) is 0 Å². The largest absolute Gasteiger partial charge is 0.465 e. The van der Waals surface area contributed by atoms with Gasteiger partial charge >= 0.3 is 5.97 Å². The molecule has 0 aromatic heterocycles. The van der Waals surface area contributed by atoms with E-state index >= 15 is 0 Å². The van der Waals surface area contributed by atoms with Crippen molar-refractivity contribution in [2.75, 3.05) is 24.7 Å². The van der Waals surface area contributed by atoms with Gasteiger partial charge in [-0.3, -0.25) is 4.79 Å². The molecule has 0 aromatic carbocycles. The van der Waals surface area contributed by atoms with E-state index in [0.717, 1.165) is 5.75 Å². The van der Waals surface area contributed by atoms with Gasteiger partial charge in [-0.2, -0.15) is 11.8 Å². The first kappa shape index (κ1) is 12.8. The lowest BCUT2D eigenvalue weighted by atomic mass is 9.82. The fourth-order valence-corrected chi connectivity index (χ4v) is 3.33. The first-order valence-corrected chi connectivity index (χ1v) is 6.68. The van der Waals surface area contributed by atoms with Gasteiger partial charge in [0.15, 0.2) is 0 Å². The zero-order valence-corrected chi connectivity index (χ0v) is 10.7. The van der Waals surface area contributed by atoms with E-state index in [0.29, 0.717) is 19.2 Å². The molecule has 0 saturated carbocycles. The lowest BCUT2D eigenvalue weighted by molar-refractivity contribution is -0.142. The highest BCUT2D eigenvalue weighted by atomic mass is 32.2. The van der Waals surface area contributed by atoms with E-state index in [-0.39, 0.29) is 11.4 Å². The number of rotatable bonds is 4. The number of carbonyl (C=O) groups is 1. The van der Waals surface area contributed by atoms with Crippen LogP contribution in [0.3, 0.4) is 0 Å². The van der Waals surface area contributed by atoms with Crippen molar-refractivity contribution in [1.82, 2.24) is 5.32 Å². The summed E-state index contributed by atoms with van der Waals surface area (Å²) in [6.07, 6.45) is 1.21. The molecule has 1 N–H and O–H groups in total. The number of hydrogen-bond acceptors (Lipinski definition) is 4. The second-order valence-electron chi connectivity index (χ2n) is 4.55. The minimum absolute atomic E-state index is 0.149. The Hall–Kier alpha value is -0.220. The van der Waals surface area contributed by atoms with E-state index in [1.54, 1.807) is 0 Å². The van der Waals surface area contributed by atoms with Crippen molar-refractivity contribution in [2.24, 2.45) is 5.41 Å². The van der Waals surface area contributed by atoms with Crippen LogP contribution in [0.15, 0.2) is 0 Å². The maximum atomic E-state index is 11.2. The number of carbonyl (C=O) groups excluding carboxylic acids is 1. The molecule has 1 fully saturated rings. The predicted octanol–water partition coefficient (Wildman–Crippen LogP) is 1.67. The van der Waals surface area contributed by atoms with Crippen LogP contribution in [0, 0.1) is 5.41 Å². The summed E-state index contributed by atoms with van der Waals surface area (Å²) < 4.78 is 4.89. The molecule has 1 heterocycles. The molecule has 0 bridgehead atoms. The Morgan fingerprint density at radius 2 is 2.33 bits per heavy atom. The fraction of sp³-hybridized carbons (Fsp3) is 0.909. The van der Waals surface area contributed by atoms with Crippen molar-refractivity contribution in [2.45, 2.75) is 33.2 Å². The number of hydrogen-bond donors (Lipinski definition) is 1. The van der Waals surface area contributed by atoms with E-state index in [2.05, 4.69) is 19.2 Å². The van der Waals surface area contributed by atoms with Gasteiger partial charge in [-0.05, 0) is 24.5 Å². The van der Waals surface area contributed by atoms with E-state index < -0.39 is 0 Å². The predicted molar refractivity (Wildman–Crippen MR) is 64.1 cm³/mol. The molecule has 1 rings (SSSR count). The highest BCUT2D eigenvalue weighted by Crippen LogP contribution is 2.33. The summed E-state index contributed by atoms with van der Waals surface area (Å²) in [6, 6.07) is 0.417. The zero-order valence-electron chi connectivity index (χ0n) is 9.84. The van der Waals surface area contributed by atoms with Crippen molar-refractivity contribution in [1.29, 1.82) is 0 Å². The average Bonchev–Trinajstić information content (AvgIpc) is 2.16. The van der Waals surface area contributed by atoms with Gasteiger partial charge in [-0.1, -0.05) is 13.8 Å². The van der Waals surface area contributed by atoms with Crippen molar-refractivity contribution >= 4 is 17.7 Å². The van der Waals surface area contributed by atoms with Crippen LogP contribution in [0.5, 0.6) is 0 Å². The molecular formula is C11H21NO2S. The molecule has 0 aromatic rings. The molecule has 3 nitrogen and oxygen atoms in total. The van der Waals surface area contributed by atoms with Crippen LogP contribution in [0.25, 0.3) is 0 Å². The molecule has 1 unspecified atom stereocenters. The summed E-state index contributed by atoms with van der Waals surface area (Å²) in [4.78, 5) is 11.2. The summed E-state index contributed by atoms with van der Waals surface area (Å²) in [5.74, 6) is 2.17. The third-order valence-electron chi connectivity index (χ3n) is 2.92. The summed E-state index contributed by atoms with van der Waals surface area (Å²) in [7, 11) is 0. The zero-order chi connectivity index (χ0) is 11.3. The van der Waals surface area contributed by atoms with Crippen LogP contribution in [-0.4, -0.2) is 36.7 Å². The highest BCUT2D eigenvalue weighted by molar-refractivity contribution is 7.99. The maximum Gasteiger partial charge on any atom is 0.319 e. The molecule has 0 amide bonds. The average molecular weight is 231 g/mol. The van der Waals surface area contributed by atoms with E-state index in [1.807, 2.05) is 18.7 Å². The van der Waals surface area contributed by atoms with E-state index in [4.69, 9.17) is 4.74 Å².